The molecule has 2 aromatic rings. The molecule has 0 bridgehead atoms. The van der Waals surface area contributed by atoms with Crippen molar-refractivity contribution in [3.05, 3.63) is 79.1 Å². The van der Waals surface area contributed by atoms with Crippen molar-refractivity contribution in [2.24, 2.45) is 0 Å². The lowest BCUT2D eigenvalue weighted by Crippen LogP contribution is -3.61. The highest BCUT2D eigenvalue weighted by atomic mass is 127. The van der Waals surface area contributed by atoms with Gasteiger partial charge in [0.15, 0.2) is 3.57 Å². The van der Waals surface area contributed by atoms with Crippen LogP contribution in [-0.2, 0) is 11.3 Å². The fraction of sp³-hybridized carbons (Fsp3) is 0.167. The molecule has 0 aliphatic heterocycles. The SMILES string of the molecule is CC(=O)/C([I+]c1ccccc1)=C(/C)NCc1ccccc1. The number of allylic oxidation sites excluding steroid dienone is 2. The van der Waals surface area contributed by atoms with Gasteiger partial charge in [-0.05, 0) is 24.6 Å². The molecule has 2 rings (SSSR count). The van der Waals surface area contributed by atoms with E-state index >= 15 is 0 Å². The van der Waals surface area contributed by atoms with E-state index in [1.165, 1.54) is 9.13 Å². The summed E-state index contributed by atoms with van der Waals surface area (Å²) in [7, 11) is 0. The van der Waals surface area contributed by atoms with Crippen LogP contribution in [0.1, 0.15) is 19.4 Å². The van der Waals surface area contributed by atoms with Crippen LogP contribution in [0.2, 0.25) is 0 Å². The Morgan fingerprint density at radius 2 is 1.52 bits per heavy atom. The smallest absolute Gasteiger partial charge is 0.363 e. The number of carbonyl (C=O) groups is 1. The molecule has 0 amide bonds. The first-order valence-corrected chi connectivity index (χ1v) is 9.02. The fourth-order valence-electron chi connectivity index (χ4n) is 1.90. The first kappa shape index (κ1) is 15.8. The monoisotopic (exact) mass is 392 g/mol. The van der Waals surface area contributed by atoms with Crippen LogP contribution in [0.5, 0.6) is 0 Å². The largest absolute Gasteiger partial charge is 0.381 e. The predicted molar refractivity (Wildman–Crippen MR) is 81.8 cm³/mol. The number of benzene rings is 2. The van der Waals surface area contributed by atoms with Crippen molar-refractivity contribution in [2.45, 2.75) is 20.4 Å². The summed E-state index contributed by atoms with van der Waals surface area (Å²) in [6, 6.07) is 20.5. The lowest BCUT2D eigenvalue weighted by molar-refractivity contribution is -0.571. The minimum atomic E-state index is -0.435. The summed E-state index contributed by atoms with van der Waals surface area (Å²) in [5.41, 5.74) is 2.22. The summed E-state index contributed by atoms with van der Waals surface area (Å²) in [5, 5.41) is 3.39. The van der Waals surface area contributed by atoms with E-state index in [2.05, 4.69) is 29.6 Å². The molecule has 0 aromatic heterocycles. The van der Waals surface area contributed by atoms with Gasteiger partial charge in [-0.1, -0.05) is 48.5 Å². The van der Waals surface area contributed by atoms with Crippen molar-refractivity contribution in [2.75, 3.05) is 0 Å². The van der Waals surface area contributed by atoms with Gasteiger partial charge in [0.1, 0.15) is 0 Å². The molecular formula is C18H19INO+. The molecule has 0 unspecified atom stereocenters. The highest BCUT2D eigenvalue weighted by molar-refractivity contribution is 5.91. The topological polar surface area (TPSA) is 29.1 Å². The van der Waals surface area contributed by atoms with Gasteiger partial charge in [0, 0.05) is 13.5 Å². The Morgan fingerprint density at radius 3 is 2.10 bits per heavy atom. The Morgan fingerprint density at radius 1 is 0.952 bits per heavy atom. The summed E-state index contributed by atoms with van der Waals surface area (Å²) in [4.78, 5) is 11.9. The maximum Gasteiger partial charge on any atom is 0.363 e. The van der Waals surface area contributed by atoms with E-state index in [1.807, 2.05) is 43.3 Å². The number of rotatable bonds is 6. The van der Waals surface area contributed by atoms with E-state index in [0.717, 1.165) is 15.8 Å². The molecule has 0 heterocycles. The Kier molecular flexibility index (Phi) is 5.99. The van der Waals surface area contributed by atoms with Gasteiger partial charge in [0.25, 0.3) is 3.58 Å². The van der Waals surface area contributed by atoms with Crippen LogP contribution < -0.4 is 26.5 Å². The predicted octanol–water partition coefficient (Wildman–Crippen LogP) is 0.556. The average molecular weight is 392 g/mol. The third kappa shape index (κ3) is 5.01. The van der Waals surface area contributed by atoms with Gasteiger partial charge >= 0.3 is 21.2 Å². The first-order chi connectivity index (χ1) is 10.2. The van der Waals surface area contributed by atoms with Crippen LogP contribution in [-0.4, -0.2) is 5.78 Å². The van der Waals surface area contributed by atoms with Crippen LogP contribution in [0.4, 0.5) is 0 Å². The van der Waals surface area contributed by atoms with Crippen molar-refractivity contribution in [1.82, 2.24) is 5.32 Å². The Balaban J connectivity index is 2.10. The number of hydrogen-bond acceptors (Lipinski definition) is 2. The molecule has 0 aliphatic carbocycles. The summed E-state index contributed by atoms with van der Waals surface area (Å²) in [5.74, 6) is 0.171. The molecule has 108 valence electrons. The number of Topliss-reactive ketones (excluding diaryl/α,β-unsaturated/α-hetero) is 1. The van der Waals surface area contributed by atoms with Gasteiger partial charge in [-0.3, -0.25) is 4.79 Å². The molecule has 0 saturated heterocycles. The lowest BCUT2D eigenvalue weighted by atomic mass is 10.2. The highest BCUT2D eigenvalue weighted by Gasteiger charge is 2.26. The zero-order valence-electron chi connectivity index (χ0n) is 12.3. The molecular weight excluding hydrogens is 373 g/mol. The zero-order valence-corrected chi connectivity index (χ0v) is 14.4. The molecule has 0 spiro atoms. The van der Waals surface area contributed by atoms with Gasteiger partial charge < -0.3 is 5.32 Å². The summed E-state index contributed by atoms with van der Waals surface area (Å²) < 4.78 is 2.22. The van der Waals surface area contributed by atoms with E-state index in [4.69, 9.17) is 0 Å². The van der Waals surface area contributed by atoms with Crippen molar-refractivity contribution >= 4 is 5.78 Å². The minimum absolute atomic E-state index is 0.171. The number of nitrogens with one attached hydrogen (secondary N) is 1. The van der Waals surface area contributed by atoms with E-state index in [9.17, 15) is 4.79 Å². The fourth-order valence-corrected chi connectivity index (χ4v) is 4.27. The number of hydrogen-bond donors (Lipinski definition) is 1. The molecule has 1 N–H and O–H groups in total. The Bertz CT molecular complexity index is 620. The molecule has 2 nitrogen and oxygen atoms in total. The molecule has 2 aromatic carbocycles. The van der Waals surface area contributed by atoms with Gasteiger partial charge in [-0.25, -0.2) is 0 Å². The molecule has 0 radical (unpaired) electrons. The summed E-state index contributed by atoms with van der Waals surface area (Å²) in [6.07, 6.45) is 0. The summed E-state index contributed by atoms with van der Waals surface area (Å²) >= 11 is -0.435. The second kappa shape index (κ2) is 7.98. The molecule has 21 heavy (non-hydrogen) atoms. The second-order valence-corrected chi connectivity index (χ2v) is 7.59. The molecule has 0 aliphatic rings. The van der Waals surface area contributed by atoms with Crippen LogP contribution >= 0.6 is 0 Å². The number of carbonyl (C=O) groups excluding carboxylic acids is 1. The quantitative estimate of drug-likeness (QED) is 0.575. The average Bonchev–Trinajstić information content (AvgIpc) is 2.52. The first-order valence-electron chi connectivity index (χ1n) is 6.86. The minimum Gasteiger partial charge on any atom is -0.381 e. The van der Waals surface area contributed by atoms with Crippen LogP contribution in [0, 0.1) is 3.57 Å². The third-order valence-electron chi connectivity index (χ3n) is 2.98. The number of halogens is 1. The third-order valence-corrected chi connectivity index (χ3v) is 6.43. The molecule has 0 fully saturated rings. The summed E-state index contributed by atoms with van der Waals surface area (Å²) in [6.45, 7) is 4.41. The normalized spacial score (nSPS) is 11.7. The molecule has 3 heteroatoms. The highest BCUT2D eigenvalue weighted by Crippen LogP contribution is 2.00. The second-order valence-electron chi connectivity index (χ2n) is 4.72. The van der Waals surface area contributed by atoms with E-state index in [-0.39, 0.29) is 5.78 Å². The Hall–Kier alpha value is -1.62. The van der Waals surface area contributed by atoms with Crippen molar-refractivity contribution < 1.29 is 26.0 Å². The molecule has 0 saturated carbocycles. The van der Waals surface area contributed by atoms with Crippen LogP contribution in [0.15, 0.2) is 69.9 Å². The van der Waals surface area contributed by atoms with Gasteiger partial charge in [-0.2, -0.15) is 0 Å². The Labute approximate surface area is 136 Å². The van der Waals surface area contributed by atoms with Crippen molar-refractivity contribution in [3.63, 3.8) is 0 Å². The zero-order chi connectivity index (χ0) is 15.1. The number of ketones is 1. The van der Waals surface area contributed by atoms with Crippen LogP contribution in [0.3, 0.4) is 0 Å². The van der Waals surface area contributed by atoms with Gasteiger partial charge in [-0.15, -0.1) is 0 Å². The van der Waals surface area contributed by atoms with Gasteiger partial charge in [0.2, 0.25) is 5.78 Å². The van der Waals surface area contributed by atoms with E-state index in [1.54, 1.807) is 6.92 Å². The van der Waals surface area contributed by atoms with E-state index in [0.29, 0.717) is 0 Å². The van der Waals surface area contributed by atoms with E-state index < -0.39 is 21.2 Å². The van der Waals surface area contributed by atoms with Crippen molar-refractivity contribution in [3.8, 4) is 0 Å². The maximum absolute atomic E-state index is 11.9. The maximum atomic E-state index is 11.9. The standard InChI is InChI=1S/C18H18INO/c1-14(20-13-16-9-5-3-6-10-16)18(15(2)21)19-17-11-7-4-8-12-17/h3-12H,13H2,1-2H3/p+1. The van der Waals surface area contributed by atoms with Crippen LogP contribution in [0.25, 0.3) is 0 Å². The van der Waals surface area contributed by atoms with Crippen molar-refractivity contribution in [1.29, 1.82) is 0 Å². The molecule has 0 atom stereocenters. The van der Waals surface area contributed by atoms with Gasteiger partial charge in [0.05, 0.1) is 5.70 Å². The lowest BCUT2D eigenvalue weighted by Gasteiger charge is -2.06.